The second-order valence-electron chi connectivity index (χ2n) is 25.1. The van der Waals surface area contributed by atoms with E-state index in [2.05, 4.69) is 378 Å². The fourth-order valence-corrected chi connectivity index (χ4v) is 16.8. The van der Waals surface area contributed by atoms with Crippen molar-refractivity contribution in [3.63, 3.8) is 0 Å². The molecule has 0 amide bonds. The van der Waals surface area contributed by atoms with Crippen LogP contribution >= 0.6 is 111 Å². The van der Waals surface area contributed by atoms with Gasteiger partial charge in [0.25, 0.3) is 0 Å². The second-order valence-corrected chi connectivity index (χ2v) is 30.0. The van der Waals surface area contributed by atoms with Gasteiger partial charge in [0.1, 0.15) is 0 Å². The van der Waals surface area contributed by atoms with Crippen LogP contribution in [0.2, 0.25) is 0 Å². The van der Waals surface area contributed by atoms with Gasteiger partial charge < -0.3 is 0 Å². The Kier molecular flexibility index (Phi) is 83.9. The van der Waals surface area contributed by atoms with Crippen LogP contribution in [-0.4, -0.2) is 0 Å². The molecule has 14 aromatic rings. The molecule has 14 rings (SSSR count). The summed E-state index contributed by atoms with van der Waals surface area (Å²) in [5.41, 5.74) is 32.0. The minimum absolute atomic E-state index is 0.990. The van der Waals surface area contributed by atoms with Gasteiger partial charge in [0.2, 0.25) is 0 Å². The maximum Gasteiger partial charge on any atom is -0.0122 e. The van der Waals surface area contributed by atoms with Crippen molar-refractivity contribution >= 4 is 154 Å². The molecule has 0 saturated carbocycles. The molecule has 14 aromatic carbocycles. The maximum atomic E-state index is 2.85. The van der Waals surface area contributed by atoms with Crippen molar-refractivity contribution < 1.29 is 0 Å². The third kappa shape index (κ3) is 42.5. The van der Waals surface area contributed by atoms with E-state index in [9.17, 15) is 0 Å². The SMILES string of the molecule is CC.CC.CC.CC.CC.CC.CC.CC.CC.CC.CC.CC.CC.CC.PCc1ccc(-c2ccc3c(CP)cc(CP)cc3c2)cc1.PCc1ccc(-c2ccc3cc(-c4ccc(CP)c(CP)c4)ccc3c2)cc1.PCc1ccc(-c2ccc3cc(-c4ccc(CP)c(CP)c4)ccc3c2)cc1.PCc1ccc(-c2ccc3cc(CP)c(CP)cc3c2)cc1. The van der Waals surface area contributed by atoms with Gasteiger partial charge in [0.05, 0.1) is 0 Å². The third-order valence-electron chi connectivity index (χ3n) is 18.9. The highest BCUT2D eigenvalue weighted by molar-refractivity contribution is 7.17. The second kappa shape index (κ2) is 82.9. The van der Waals surface area contributed by atoms with Gasteiger partial charge in [0.15, 0.2) is 0 Å². The summed E-state index contributed by atoms with van der Waals surface area (Å²) in [4.78, 5) is 0. The Morgan fingerprint density at radius 2 is 0.297 bits per heavy atom. The van der Waals surface area contributed by atoms with Crippen LogP contribution in [0.3, 0.4) is 0 Å². The number of hydrogen-bond acceptors (Lipinski definition) is 0. The van der Waals surface area contributed by atoms with Crippen molar-refractivity contribution in [1.82, 2.24) is 0 Å². The van der Waals surface area contributed by atoms with Crippen LogP contribution < -0.4 is 0 Å². The Bertz CT molecular complexity index is 4910. The molecule has 128 heavy (non-hydrogen) atoms. The quantitative estimate of drug-likeness (QED) is 0.0751. The summed E-state index contributed by atoms with van der Waals surface area (Å²) in [6.45, 7) is 56.0. The van der Waals surface area contributed by atoms with E-state index < -0.39 is 0 Å². The molecule has 0 bridgehead atoms. The molecule has 12 atom stereocenters. The Labute approximate surface area is 815 Å². The van der Waals surface area contributed by atoms with Crippen molar-refractivity contribution in [1.29, 1.82) is 0 Å². The van der Waals surface area contributed by atoms with Crippen LogP contribution in [0.1, 0.15) is 261 Å². The molecule has 0 aromatic heterocycles. The van der Waals surface area contributed by atoms with Crippen LogP contribution in [0, 0.1) is 0 Å². The zero-order chi connectivity index (χ0) is 98.1. The Morgan fingerprint density at radius 3 is 0.539 bits per heavy atom. The molecule has 0 radical (unpaired) electrons. The summed E-state index contributed by atoms with van der Waals surface area (Å²) >= 11 is 0. The van der Waals surface area contributed by atoms with E-state index in [1.807, 2.05) is 194 Å². The minimum atomic E-state index is 0.990. The molecule has 12 unspecified atom stereocenters. The zero-order valence-corrected chi connectivity index (χ0v) is 98.7. The smallest absolute Gasteiger partial charge is 0.0122 e. The number of fused-ring (bicyclic) bond motifs is 4. The lowest BCUT2D eigenvalue weighted by molar-refractivity contribution is 1.29. The first-order chi connectivity index (χ1) is 62.9. The molecule has 0 saturated heterocycles. The monoisotopic (exact) mass is 1940 g/mol. The highest BCUT2D eigenvalue weighted by Crippen LogP contribution is 2.36. The molecular formula is C116H176P12. The van der Waals surface area contributed by atoms with Crippen LogP contribution in [-0.2, 0) is 73.9 Å². The third-order valence-corrected chi connectivity index (χ3v) is 24.3. The van der Waals surface area contributed by atoms with E-state index in [0.29, 0.717) is 0 Å². The molecule has 700 valence electrons. The van der Waals surface area contributed by atoms with E-state index in [0.717, 1.165) is 73.9 Å². The molecular weight excluding hydrogens is 1760 g/mol. The van der Waals surface area contributed by atoms with Gasteiger partial charge in [-0.05, 0) is 287 Å². The first-order valence-electron chi connectivity index (χ1n) is 48.1. The normalized spacial score (nSPS) is 9.31. The van der Waals surface area contributed by atoms with Gasteiger partial charge in [-0.1, -0.05) is 424 Å². The van der Waals surface area contributed by atoms with Gasteiger partial charge in [0, 0.05) is 0 Å². The molecule has 0 aliphatic rings. The van der Waals surface area contributed by atoms with E-state index in [1.165, 1.54) is 177 Å². The molecule has 0 nitrogen and oxygen atoms in total. The van der Waals surface area contributed by atoms with Gasteiger partial charge in [-0.2, -0.15) is 0 Å². The van der Waals surface area contributed by atoms with Crippen LogP contribution in [0.25, 0.3) is 110 Å². The van der Waals surface area contributed by atoms with Gasteiger partial charge in [-0.15, -0.1) is 111 Å². The Hall–Kier alpha value is -4.72. The average molecular weight is 1940 g/mol. The molecule has 0 aliphatic heterocycles. The minimum Gasteiger partial charge on any atom is -0.133 e. The van der Waals surface area contributed by atoms with Crippen molar-refractivity contribution in [2.45, 2.75) is 268 Å². The fourth-order valence-electron chi connectivity index (χ4n) is 12.9. The Morgan fingerprint density at radius 1 is 0.117 bits per heavy atom. The molecule has 0 fully saturated rings. The molecule has 12 heteroatoms. The van der Waals surface area contributed by atoms with Crippen LogP contribution in [0.4, 0.5) is 0 Å². The number of hydrogen-bond donors (Lipinski definition) is 0. The lowest BCUT2D eigenvalue weighted by Crippen LogP contribution is -1.89. The van der Waals surface area contributed by atoms with Crippen molar-refractivity contribution in [3.05, 3.63) is 334 Å². The standard InChI is InChI=1S/2C25H25P3.2C19H21P3.14C2H6/c2*26-14-17-1-3-18(4-2-17)19-5-6-21-12-22(8-7-20(21)11-19)23-9-10-24(15-27)25(13-23)16-28;20-10-13-1-3-15(4-2-13)16-5-6-19-17(9-16)7-14(11-21)8-18(19)12-22;20-10-13-1-3-14(4-2-13)15-5-6-16-8-18(11-21)19(12-22)9-17(16)7-15;14*1-2/h2*1-13H,14-16,26-28H2;2*1-9H,10-12,20-22H2;14*1-2H3. The lowest BCUT2D eigenvalue weighted by Gasteiger charge is -2.11. The van der Waals surface area contributed by atoms with Crippen LogP contribution in [0.15, 0.2) is 267 Å². The molecule has 0 N–H and O–H groups in total. The summed E-state index contributed by atoms with van der Waals surface area (Å²) in [7, 11) is 33.8. The largest absolute Gasteiger partial charge is 0.133 e. The van der Waals surface area contributed by atoms with Crippen LogP contribution in [0.5, 0.6) is 0 Å². The number of rotatable bonds is 18. The van der Waals surface area contributed by atoms with Crippen molar-refractivity contribution in [2.24, 2.45) is 0 Å². The van der Waals surface area contributed by atoms with E-state index >= 15 is 0 Å². The van der Waals surface area contributed by atoms with E-state index in [4.69, 9.17) is 0 Å². The molecule has 0 heterocycles. The molecule has 0 aliphatic carbocycles. The highest BCUT2D eigenvalue weighted by atomic mass is 31.0. The first kappa shape index (κ1) is 130. The van der Waals surface area contributed by atoms with Gasteiger partial charge in [-0.3, -0.25) is 0 Å². The average Bonchev–Trinajstić information content (AvgIpc) is 0.803. The van der Waals surface area contributed by atoms with Crippen molar-refractivity contribution in [2.75, 3.05) is 0 Å². The maximum absolute atomic E-state index is 2.85. The predicted molar refractivity (Wildman–Crippen MR) is 648 cm³/mol. The molecule has 0 spiro atoms. The van der Waals surface area contributed by atoms with Gasteiger partial charge in [-0.25, -0.2) is 0 Å². The van der Waals surface area contributed by atoms with E-state index in [1.54, 1.807) is 0 Å². The van der Waals surface area contributed by atoms with Gasteiger partial charge >= 0.3 is 0 Å². The lowest BCUT2D eigenvalue weighted by atomic mass is 9.96. The summed E-state index contributed by atoms with van der Waals surface area (Å²) in [5.74, 6) is 0. The predicted octanol–water partition coefficient (Wildman–Crippen LogP) is 40.2. The Balaban J connectivity index is -0.000000734. The van der Waals surface area contributed by atoms with Crippen molar-refractivity contribution in [3.8, 4) is 66.8 Å². The topological polar surface area (TPSA) is 0 Å². The summed E-state index contributed by atoms with van der Waals surface area (Å²) < 4.78 is 0. The summed E-state index contributed by atoms with van der Waals surface area (Å²) in [6.07, 6.45) is 12.0. The zero-order valence-electron chi connectivity index (χ0n) is 84.8. The summed E-state index contributed by atoms with van der Waals surface area (Å²) in [5, 5.41) is 10.5. The summed E-state index contributed by atoms with van der Waals surface area (Å²) in [6, 6.07) is 99.0. The van der Waals surface area contributed by atoms with E-state index in [-0.39, 0.29) is 0 Å². The first-order valence-corrected chi connectivity index (χ1v) is 57.9. The fraction of sp³-hybridized carbons (Fsp3) is 0.345. The highest BCUT2D eigenvalue weighted by Gasteiger charge is 2.12. The number of benzene rings is 14.